The predicted octanol–water partition coefficient (Wildman–Crippen LogP) is 6.98. The molecule has 3 aromatic carbocycles. The zero-order valence-electron chi connectivity index (χ0n) is 22.5. The number of furan rings is 1. The van der Waals surface area contributed by atoms with E-state index in [9.17, 15) is 9.59 Å². The lowest BCUT2D eigenvalue weighted by atomic mass is 9.90. The Morgan fingerprint density at radius 1 is 0.975 bits per heavy atom. The summed E-state index contributed by atoms with van der Waals surface area (Å²) in [4.78, 5) is 35.2. The fourth-order valence-corrected chi connectivity index (χ4v) is 5.31. The van der Waals surface area contributed by atoms with Crippen LogP contribution in [0.4, 0.5) is 4.39 Å². The number of carbonyl (C=O) groups excluding carboxylic acids is 2. The van der Waals surface area contributed by atoms with Crippen LogP contribution in [0.15, 0.2) is 77.5 Å². The first-order valence-electron chi connectivity index (χ1n) is 13.3. The van der Waals surface area contributed by atoms with Gasteiger partial charge in [0, 0.05) is 48.0 Å². The Labute approximate surface area is 231 Å². The second-order valence-electron chi connectivity index (χ2n) is 10.5. The number of carbonyl (C=O) groups is 2. The van der Waals surface area contributed by atoms with E-state index >= 15 is 4.39 Å². The van der Waals surface area contributed by atoms with E-state index in [1.165, 1.54) is 7.05 Å². The van der Waals surface area contributed by atoms with Crippen molar-refractivity contribution < 1.29 is 18.4 Å². The van der Waals surface area contributed by atoms with Crippen LogP contribution in [0, 0.1) is 19.7 Å². The van der Waals surface area contributed by atoms with Crippen LogP contribution < -0.4 is 5.32 Å². The molecule has 40 heavy (non-hydrogen) atoms. The van der Waals surface area contributed by atoms with Gasteiger partial charge < -0.3 is 9.73 Å². The van der Waals surface area contributed by atoms with Gasteiger partial charge >= 0.3 is 0 Å². The number of rotatable bonds is 7. The van der Waals surface area contributed by atoms with Crippen molar-refractivity contribution in [3.05, 3.63) is 107 Å². The number of nitrogens with zero attached hydrogens (tertiary/aromatic N) is 2. The highest BCUT2D eigenvalue weighted by molar-refractivity contribution is 6.12. The van der Waals surface area contributed by atoms with Gasteiger partial charge in [-0.05, 0) is 62.1 Å². The molecule has 1 amide bonds. The number of halogens is 1. The number of amides is 1. The van der Waals surface area contributed by atoms with Gasteiger partial charge in [-0.2, -0.15) is 0 Å². The second-order valence-corrected chi connectivity index (χ2v) is 10.5. The number of benzene rings is 3. The standard InChI is InChI=1S/C33H28FN3O3/c1-19-5-8-21(9-6-19)30-28(31(39)35-3)27-26(40-30)12-11-23(29(27)34)24-17-22(10-7-20(24)2)25(38)18-33(13-14-33)32-36-15-4-16-37-32/h4-12,15-17H,13-14,18H2,1-3H3,(H,35,39). The van der Waals surface area contributed by atoms with Gasteiger partial charge in [-0.3, -0.25) is 9.59 Å². The summed E-state index contributed by atoms with van der Waals surface area (Å²) in [7, 11) is 1.51. The number of ketones is 1. The van der Waals surface area contributed by atoms with Gasteiger partial charge in [0.05, 0.1) is 10.9 Å². The largest absolute Gasteiger partial charge is 0.455 e. The molecule has 1 saturated carbocycles. The summed E-state index contributed by atoms with van der Waals surface area (Å²) in [6, 6.07) is 18.0. The lowest BCUT2D eigenvalue weighted by Crippen LogP contribution is -2.18. The third-order valence-corrected chi connectivity index (χ3v) is 7.80. The van der Waals surface area contributed by atoms with Crippen molar-refractivity contribution in [3.63, 3.8) is 0 Å². The Bertz CT molecular complexity index is 1770. The molecule has 6 rings (SSSR count). The average Bonchev–Trinajstić information content (AvgIpc) is 3.65. The third kappa shape index (κ3) is 4.37. The van der Waals surface area contributed by atoms with Crippen LogP contribution in [0.1, 0.15) is 56.9 Å². The molecule has 6 nitrogen and oxygen atoms in total. The highest BCUT2D eigenvalue weighted by atomic mass is 19.1. The van der Waals surface area contributed by atoms with E-state index in [-0.39, 0.29) is 27.7 Å². The maximum absolute atomic E-state index is 16.4. The Balaban J connectivity index is 1.43. The Hall–Kier alpha value is -4.65. The van der Waals surface area contributed by atoms with Crippen LogP contribution in [0.5, 0.6) is 0 Å². The van der Waals surface area contributed by atoms with Crippen LogP contribution in [0.3, 0.4) is 0 Å². The SMILES string of the molecule is CNC(=O)c1c(-c2ccc(C)cc2)oc2ccc(-c3cc(C(=O)CC4(c5ncccn5)CC4)ccc3C)c(F)c12. The zero-order valence-corrected chi connectivity index (χ0v) is 22.5. The van der Waals surface area contributed by atoms with Crippen molar-refractivity contribution >= 4 is 22.7 Å². The molecule has 1 N–H and O–H groups in total. The minimum atomic E-state index is -0.567. The first-order valence-corrected chi connectivity index (χ1v) is 13.3. The number of hydrogen-bond donors (Lipinski definition) is 1. The number of nitrogens with one attached hydrogen (secondary N) is 1. The summed E-state index contributed by atoms with van der Waals surface area (Å²) < 4.78 is 22.4. The molecule has 0 saturated heterocycles. The van der Waals surface area contributed by atoms with E-state index in [0.29, 0.717) is 40.3 Å². The summed E-state index contributed by atoms with van der Waals surface area (Å²) >= 11 is 0. The topological polar surface area (TPSA) is 85.1 Å². The molecule has 7 heteroatoms. The second kappa shape index (κ2) is 9.83. The van der Waals surface area contributed by atoms with Gasteiger partial charge in [-0.1, -0.05) is 42.0 Å². The molecule has 0 radical (unpaired) electrons. The Morgan fingerprint density at radius 3 is 2.38 bits per heavy atom. The van der Waals surface area contributed by atoms with Crippen LogP contribution in [-0.4, -0.2) is 28.7 Å². The molecule has 0 spiro atoms. The van der Waals surface area contributed by atoms with Gasteiger partial charge in [-0.25, -0.2) is 14.4 Å². The van der Waals surface area contributed by atoms with Crippen molar-refractivity contribution in [1.29, 1.82) is 0 Å². The minimum absolute atomic E-state index is 0.0382. The number of aryl methyl sites for hydroxylation is 2. The lowest BCUT2D eigenvalue weighted by Gasteiger charge is -2.14. The van der Waals surface area contributed by atoms with Gasteiger partial charge in [0.2, 0.25) is 0 Å². The van der Waals surface area contributed by atoms with Crippen molar-refractivity contribution in [3.8, 4) is 22.5 Å². The summed E-state index contributed by atoms with van der Waals surface area (Å²) in [6.07, 6.45) is 5.41. The molecular weight excluding hydrogens is 505 g/mol. The number of fused-ring (bicyclic) bond motifs is 1. The molecule has 1 aliphatic rings. The number of hydrogen-bond acceptors (Lipinski definition) is 5. The van der Waals surface area contributed by atoms with Crippen LogP contribution in [0.25, 0.3) is 33.4 Å². The molecule has 0 unspecified atom stereocenters. The molecule has 2 aromatic heterocycles. The van der Waals surface area contributed by atoms with Crippen molar-refractivity contribution in [1.82, 2.24) is 15.3 Å². The normalized spacial score (nSPS) is 13.8. The maximum Gasteiger partial charge on any atom is 0.255 e. The zero-order chi connectivity index (χ0) is 28.0. The van der Waals surface area contributed by atoms with Gasteiger partial charge in [0.15, 0.2) is 5.78 Å². The quantitative estimate of drug-likeness (QED) is 0.228. The van der Waals surface area contributed by atoms with Crippen molar-refractivity contribution in [2.75, 3.05) is 7.05 Å². The van der Waals surface area contributed by atoms with E-state index in [0.717, 1.165) is 24.0 Å². The van der Waals surface area contributed by atoms with Gasteiger partial charge in [0.25, 0.3) is 5.91 Å². The number of aromatic nitrogens is 2. The van der Waals surface area contributed by atoms with E-state index < -0.39 is 11.7 Å². The van der Waals surface area contributed by atoms with Crippen molar-refractivity contribution in [2.45, 2.75) is 38.5 Å². The highest BCUT2D eigenvalue weighted by Crippen LogP contribution is 2.50. The van der Waals surface area contributed by atoms with Crippen LogP contribution in [-0.2, 0) is 5.41 Å². The molecule has 0 atom stereocenters. The predicted molar refractivity (Wildman–Crippen MR) is 152 cm³/mol. The van der Waals surface area contributed by atoms with Gasteiger partial charge in [-0.15, -0.1) is 0 Å². The first kappa shape index (κ1) is 25.6. The summed E-state index contributed by atoms with van der Waals surface area (Å²) in [5.74, 6) is -0.0444. The highest BCUT2D eigenvalue weighted by Gasteiger charge is 2.48. The monoisotopic (exact) mass is 533 g/mol. The fraction of sp³-hybridized carbons (Fsp3) is 0.212. The van der Waals surface area contributed by atoms with E-state index in [1.807, 2.05) is 44.2 Å². The smallest absolute Gasteiger partial charge is 0.255 e. The molecular formula is C33H28FN3O3. The van der Waals surface area contributed by atoms with E-state index in [2.05, 4.69) is 15.3 Å². The van der Waals surface area contributed by atoms with Crippen molar-refractivity contribution in [2.24, 2.45) is 0 Å². The summed E-state index contributed by atoms with van der Waals surface area (Å²) in [5.41, 5.74) is 4.03. The third-order valence-electron chi connectivity index (χ3n) is 7.80. The molecule has 200 valence electrons. The molecule has 1 aliphatic carbocycles. The van der Waals surface area contributed by atoms with Gasteiger partial charge in [0.1, 0.15) is 23.0 Å². The van der Waals surface area contributed by atoms with E-state index in [4.69, 9.17) is 4.42 Å². The van der Waals surface area contributed by atoms with E-state index in [1.54, 1.807) is 42.7 Å². The molecule has 5 aromatic rings. The number of Topliss-reactive ketones (excluding diaryl/α,β-unsaturated/α-hetero) is 1. The van der Waals surface area contributed by atoms with Crippen LogP contribution in [0.2, 0.25) is 0 Å². The average molecular weight is 534 g/mol. The molecule has 1 fully saturated rings. The molecule has 2 heterocycles. The van der Waals surface area contributed by atoms with Crippen LogP contribution >= 0.6 is 0 Å². The fourth-order valence-electron chi connectivity index (χ4n) is 5.31. The maximum atomic E-state index is 16.4. The molecule has 0 aliphatic heterocycles. The lowest BCUT2D eigenvalue weighted by molar-refractivity contribution is 0.0958. The molecule has 0 bridgehead atoms. The Kier molecular flexibility index (Phi) is 6.29. The first-order chi connectivity index (χ1) is 19.3. The minimum Gasteiger partial charge on any atom is -0.455 e. The Morgan fingerprint density at radius 2 is 1.70 bits per heavy atom. The summed E-state index contributed by atoms with van der Waals surface area (Å²) in [5, 5.41) is 2.74. The summed E-state index contributed by atoms with van der Waals surface area (Å²) in [6.45, 7) is 3.84.